The van der Waals surface area contributed by atoms with E-state index in [1.807, 2.05) is 0 Å². The Morgan fingerprint density at radius 1 is 1.06 bits per heavy atom. The maximum atomic E-state index is 5.72. The average Bonchev–Trinajstić information content (AvgIpc) is 2.77. The molecule has 0 atom stereocenters. The van der Waals surface area contributed by atoms with Crippen LogP contribution in [0.25, 0.3) is 0 Å². The first-order valence-corrected chi connectivity index (χ1v) is 7.22. The Bertz CT molecular complexity index is 167. The van der Waals surface area contributed by atoms with E-state index in [0.29, 0.717) is 5.41 Å². The minimum atomic E-state index is 0.368. The summed E-state index contributed by atoms with van der Waals surface area (Å²) in [6.07, 6.45) is 7.61. The molecule has 0 aliphatic heterocycles. The molecule has 0 radical (unpaired) electrons. The van der Waals surface area contributed by atoms with Crippen molar-refractivity contribution in [3.63, 3.8) is 0 Å². The number of thiol groups is 1. The summed E-state index contributed by atoms with van der Waals surface area (Å²) in [5.41, 5.74) is 0.368. The molecule has 1 fully saturated rings. The fourth-order valence-corrected chi connectivity index (χ4v) is 2.64. The van der Waals surface area contributed by atoms with E-state index in [1.54, 1.807) is 0 Å². The normalized spacial score (nSPS) is 19.1. The van der Waals surface area contributed by atoms with E-state index >= 15 is 0 Å². The highest BCUT2D eigenvalue weighted by molar-refractivity contribution is 7.80. The van der Waals surface area contributed by atoms with Gasteiger partial charge in [0.1, 0.15) is 0 Å². The van der Waals surface area contributed by atoms with E-state index in [4.69, 9.17) is 9.47 Å². The molecular weight excluding hydrogens is 220 g/mol. The number of hydrogen-bond acceptors (Lipinski definition) is 3. The molecule has 0 amide bonds. The van der Waals surface area contributed by atoms with Gasteiger partial charge in [0.05, 0.1) is 19.8 Å². The Hall–Kier alpha value is 0.270. The SMILES string of the molecule is CCCCOCCOCC1(CS)CCCC1. The van der Waals surface area contributed by atoms with Crippen LogP contribution in [0.4, 0.5) is 0 Å². The van der Waals surface area contributed by atoms with Gasteiger partial charge in [0.15, 0.2) is 0 Å². The van der Waals surface area contributed by atoms with E-state index in [-0.39, 0.29) is 0 Å². The van der Waals surface area contributed by atoms with Crippen molar-refractivity contribution >= 4 is 12.6 Å². The first-order valence-electron chi connectivity index (χ1n) is 6.59. The lowest BCUT2D eigenvalue weighted by molar-refractivity contribution is 0.0126. The quantitative estimate of drug-likeness (QED) is 0.497. The van der Waals surface area contributed by atoms with Gasteiger partial charge in [-0.1, -0.05) is 26.2 Å². The zero-order chi connectivity index (χ0) is 11.7. The summed E-state index contributed by atoms with van der Waals surface area (Å²) in [6.45, 7) is 5.39. The van der Waals surface area contributed by atoms with Crippen molar-refractivity contribution in [2.24, 2.45) is 5.41 Å². The largest absolute Gasteiger partial charge is 0.379 e. The van der Waals surface area contributed by atoms with Crippen molar-refractivity contribution < 1.29 is 9.47 Å². The summed E-state index contributed by atoms with van der Waals surface area (Å²) < 4.78 is 11.2. The molecule has 1 saturated carbocycles. The first-order chi connectivity index (χ1) is 7.83. The molecule has 16 heavy (non-hydrogen) atoms. The van der Waals surface area contributed by atoms with Crippen LogP contribution < -0.4 is 0 Å². The summed E-state index contributed by atoms with van der Waals surface area (Å²) in [4.78, 5) is 0. The minimum Gasteiger partial charge on any atom is -0.379 e. The van der Waals surface area contributed by atoms with Gasteiger partial charge in [-0.3, -0.25) is 0 Å². The lowest BCUT2D eigenvalue weighted by Crippen LogP contribution is -2.26. The molecule has 3 heteroatoms. The molecule has 0 aromatic rings. The van der Waals surface area contributed by atoms with Gasteiger partial charge >= 0.3 is 0 Å². The first kappa shape index (κ1) is 14.3. The van der Waals surface area contributed by atoms with Crippen LogP contribution in [0.5, 0.6) is 0 Å². The number of unbranched alkanes of at least 4 members (excludes halogenated alkanes) is 1. The molecule has 0 unspecified atom stereocenters. The highest BCUT2D eigenvalue weighted by Crippen LogP contribution is 2.39. The number of rotatable bonds is 9. The van der Waals surface area contributed by atoms with Gasteiger partial charge in [0.25, 0.3) is 0 Å². The summed E-state index contributed by atoms with van der Waals surface area (Å²) in [7, 11) is 0. The van der Waals surface area contributed by atoms with Crippen LogP contribution in [0.15, 0.2) is 0 Å². The minimum absolute atomic E-state index is 0.368. The van der Waals surface area contributed by atoms with Crippen molar-refractivity contribution in [1.82, 2.24) is 0 Å². The van der Waals surface area contributed by atoms with Crippen molar-refractivity contribution in [2.75, 3.05) is 32.2 Å². The van der Waals surface area contributed by atoms with E-state index in [1.165, 1.54) is 32.1 Å². The second-order valence-electron chi connectivity index (χ2n) is 4.88. The van der Waals surface area contributed by atoms with Crippen LogP contribution in [0.3, 0.4) is 0 Å². The Balaban J connectivity index is 1.97. The fourth-order valence-electron chi connectivity index (χ4n) is 2.23. The third kappa shape index (κ3) is 5.07. The van der Waals surface area contributed by atoms with E-state index < -0.39 is 0 Å². The van der Waals surface area contributed by atoms with Crippen LogP contribution in [-0.2, 0) is 9.47 Å². The Morgan fingerprint density at radius 3 is 2.38 bits per heavy atom. The lowest BCUT2D eigenvalue weighted by Gasteiger charge is -2.26. The van der Waals surface area contributed by atoms with Gasteiger partial charge in [-0.25, -0.2) is 0 Å². The molecule has 0 aromatic carbocycles. The second-order valence-corrected chi connectivity index (χ2v) is 5.20. The molecular formula is C13H26O2S. The molecule has 0 saturated heterocycles. The van der Waals surface area contributed by atoms with Gasteiger partial charge in [-0.2, -0.15) is 12.6 Å². The van der Waals surface area contributed by atoms with Crippen LogP contribution in [0.1, 0.15) is 45.4 Å². The molecule has 0 spiro atoms. The predicted molar refractivity (Wildman–Crippen MR) is 71.3 cm³/mol. The molecule has 0 bridgehead atoms. The van der Waals surface area contributed by atoms with Crippen LogP contribution in [-0.4, -0.2) is 32.2 Å². The summed E-state index contributed by atoms with van der Waals surface area (Å²) in [5.74, 6) is 0.962. The van der Waals surface area contributed by atoms with Crippen LogP contribution in [0.2, 0.25) is 0 Å². The summed E-state index contributed by atoms with van der Waals surface area (Å²) in [5, 5.41) is 0. The molecule has 1 aliphatic carbocycles. The van der Waals surface area contributed by atoms with Gasteiger partial charge in [-0.15, -0.1) is 0 Å². The van der Waals surface area contributed by atoms with Gasteiger partial charge in [-0.05, 0) is 25.0 Å². The zero-order valence-electron chi connectivity index (χ0n) is 10.5. The van der Waals surface area contributed by atoms with Crippen LogP contribution >= 0.6 is 12.6 Å². The van der Waals surface area contributed by atoms with E-state index in [9.17, 15) is 0 Å². The Morgan fingerprint density at radius 2 is 1.75 bits per heavy atom. The molecule has 1 aliphatic rings. The second kappa shape index (κ2) is 8.37. The van der Waals surface area contributed by atoms with Crippen molar-refractivity contribution in [1.29, 1.82) is 0 Å². The third-order valence-electron chi connectivity index (χ3n) is 3.42. The maximum absolute atomic E-state index is 5.72. The van der Waals surface area contributed by atoms with Gasteiger partial charge in [0.2, 0.25) is 0 Å². The van der Waals surface area contributed by atoms with Crippen molar-refractivity contribution in [2.45, 2.75) is 45.4 Å². The number of hydrogen-bond donors (Lipinski definition) is 1. The predicted octanol–water partition coefficient (Wildman–Crippen LogP) is 3.31. The Labute approximate surface area is 105 Å². The molecule has 0 heterocycles. The van der Waals surface area contributed by atoms with Crippen molar-refractivity contribution in [3.8, 4) is 0 Å². The molecule has 0 N–H and O–H groups in total. The van der Waals surface area contributed by atoms with Crippen LogP contribution in [0, 0.1) is 5.41 Å². The maximum Gasteiger partial charge on any atom is 0.0700 e. The number of ether oxygens (including phenoxy) is 2. The molecule has 96 valence electrons. The van der Waals surface area contributed by atoms with E-state index in [2.05, 4.69) is 19.6 Å². The van der Waals surface area contributed by atoms with E-state index in [0.717, 1.165) is 38.6 Å². The summed E-state index contributed by atoms with van der Waals surface area (Å²) >= 11 is 4.46. The Kier molecular flexibility index (Phi) is 7.50. The monoisotopic (exact) mass is 246 g/mol. The van der Waals surface area contributed by atoms with Crippen molar-refractivity contribution in [3.05, 3.63) is 0 Å². The zero-order valence-corrected chi connectivity index (χ0v) is 11.4. The standard InChI is InChI=1S/C13H26O2S/c1-2-3-8-14-9-10-15-11-13(12-16)6-4-5-7-13/h16H,2-12H2,1H3. The van der Waals surface area contributed by atoms with Gasteiger partial charge < -0.3 is 9.47 Å². The summed E-state index contributed by atoms with van der Waals surface area (Å²) in [6, 6.07) is 0. The topological polar surface area (TPSA) is 18.5 Å². The van der Waals surface area contributed by atoms with Gasteiger partial charge in [0, 0.05) is 12.0 Å². The third-order valence-corrected chi connectivity index (χ3v) is 4.09. The fraction of sp³-hybridized carbons (Fsp3) is 1.00. The molecule has 2 nitrogen and oxygen atoms in total. The highest BCUT2D eigenvalue weighted by atomic mass is 32.1. The molecule has 0 aromatic heterocycles. The lowest BCUT2D eigenvalue weighted by atomic mass is 9.90. The molecule has 1 rings (SSSR count). The average molecular weight is 246 g/mol. The highest BCUT2D eigenvalue weighted by Gasteiger charge is 2.32. The smallest absolute Gasteiger partial charge is 0.0700 e.